The zero-order chi connectivity index (χ0) is 10.1. The number of hydrogen-bond acceptors (Lipinski definition) is 3. The first-order valence-corrected chi connectivity index (χ1v) is 5.26. The molecule has 0 amide bonds. The third-order valence-corrected chi connectivity index (χ3v) is 2.79. The summed E-state index contributed by atoms with van der Waals surface area (Å²) in [4.78, 5) is 8.64. The molecule has 0 aliphatic carbocycles. The van der Waals surface area contributed by atoms with Gasteiger partial charge in [-0.25, -0.2) is 9.97 Å². The lowest BCUT2D eigenvalue weighted by Gasteiger charge is -2.03. The van der Waals surface area contributed by atoms with Crippen LogP contribution in [0.25, 0.3) is 10.9 Å². The molecule has 1 aromatic heterocycles. The van der Waals surface area contributed by atoms with Gasteiger partial charge in [0.1, 0.15) is 15.3 Å². The molecule has 14 heavy (non-hydrogen) atoms. The van der Waals surface area contributed by atoms with Crippen LogP contribution in [0.2, 0.25) is 0 Å². The third-order valence-electron chi connectivity index (χ3n) is 1.97. The number of benzene rings is 1. The van der Waals surface area contributed by atoms with Crippen molar-refractivity contribution in [1.29, 1.82) is 0 Å². The zero-order valence-corrected chi connectivity index (χ0v) is 10.1. The summed E-state index contributed by atoms with van der Waals surface area (Å²) in [5.74, 6) is 1.61. The maximum absolute atomic E-state index is 5.14. The summed E-state index contributed by atoms with van der Waals surface area (Å²) in [7, 11) is 1.65. The highest BCUT2D eigenvalue weighted by Crippen LogP contribution is 2.22. The van der Waals surface area contributed by atoms with Crippen molar-refractivity contribution < 1.29 is 4.74 Å². The number of rotatable bonds is 1. The molecule has 0 N–H and O–H groups in total. The van der Waals surface area contributed by atoms with Crippen LogP contribution in [0, 0.1) is 10.6 Å². The van der Waals surface area contributed by atoms with Gasteiger partial charge in [0.25, 0.3) is 0 Å². The zero-order valence-electron chi connectivity index (χ0n) is 7.91. The summed E-state index contributed by atoms with van der Waals surface area (Å²) in [6.07, 6.45) is 0. The summed E-state index contributed by atoms with van der Waals surface area (Å²) in [6.45, 7) is 1.89. The average molecular weight is 300 g/mol. The number of ether oxygens (including phenoxy) is 1. The van der Waals surface area contributed by atoms with Crippen LogP contribution in [0.1, 0.15) is 5.82 Å². The van der Waals surface area contributed by atoms with E-state index in [-0.39, 0.29) is 0 Å². The maximum Gasteiger partial charge on any atom is 0.127 e. The van der Waals surface area contributed by atoms with Gasteiger partial charge in [-0.1, -0.05) is 0 Å². The first-order chi connectivity index (χ1) is 6.70. The lowest BCUT2D eigenvalue weighted by Crippen LogP contribution is -1.93. The molecule has 2 aromatic rings. The molecule has 0 saturated carbocycles. The van der Waals surface area contributed by atoms with Crippen molar-refractivity contribution >= 4 is 33.5 Å². The molecule has 0 aliphatic heterocycles. The number of aryl methyl sites for hydroxylation is 1. The lowest BCUT2D eigenvalue weighted by atomic mass is 10.2. The molecule has 0 radical (unpaired) electrons. The molecule has 0 fully saturated rings. The van der Waals surface area contributed by atoms with Gasteiger partial charge >= 0.3 is 0 Å². The van der Waals surface area contributed by atoms with Gasteiger partial charge in [-0.05, 0) is 41.6 Å². The molecular weight excluding hydrogens is 291 g/mol. The molecule has 2 rings (SSSR count). The Balaban J connectivity index is 2.75. The van der Waals surface area contributed by atoms with Gasteiger partial charge in [0, 0.05) is 11.5 Å². The monoisotopic (exact) mass is 300 g/mol. The molecule has 0 bridgehead atoms. The largest absolute Gasteiger partial charge is 0.497 e. The molecule has 0 aliphatic rings. The summed E-state index contributed by atoms with van der Waals surface area (Å²) in [5.41, 5.74) is 0.932. The molecule has 0 unspecified atom stereocenters. The quantitative estimate of drug-likeness (QED) is 0.600. The minimum absolute atomic E-state index is 0.787. The van der Waals surface area contributed by atoms with E-state index in [0.717, 1.165) is 26.2 Å². The molecule has 0 atom stereocenters. The van der Waals surface area contributed by atoms with E-state index in [0.29, 0.717) is 0 Å². The second-order valence-corrected chi connectivity index (χ2v) is 3.97. The summed E-state index contributed by atoms with van der Waals surface area (Å²) < 4.78 is 6.12. The van der Waals surface area contributed by atoms with E-state index in [1.807, 2.05) is 25.1 Å². The van der Waals surface area contributed by atoms with E-state index in [4.69, 9.17) is 4.74 Å². The Kier molecular flexibility index (Phi) is 2.54. The van der Waals surface area contributed by atoms with E-state index in [1.165, 1.54) is 0 Å². The van der Waals surface area contributed by atoms with Crippen molar-refractivity contribution in [3.8, 4) is 5.75 Å². The Morgan fingerprint density at radius 2 is 2.07 bits per heavy atom. The van der Waals surface area contributed by atoms with Crippen LogP contribution >= 0.6 is 22.6 Å². The molecule has 1 heterocycles. The highest BCUT2D eigenvalue weighted by molar-refractivity contribution is 14.1. The SMILES string of the molecule is COc1ccc2c(I)nc(C)nc2c1. The molecule has 0 spiro atoms. The minimum Gasteiger partial charge on any atom is -0.497 e. The first kappa shape index (κ1) is 9.64. The van der Waals surface area contributed by atoms with E-state index >= 15 is 0 Å². The normalized spacial score (nSPS) is 10.5. The summed E-state index contributed by atoms with van der Waals surface area (Å²) in [5, 5.41) is 1.07. The van der Waals surface area contributed by atoms with E-state index in [2.05, 4.69) is 32.6 Å². The van der Waals surface area contributed by atoms with Crippen molar-refractivity contribution in [2.24, 2.45) is 0 Å². The third kappa shape index (κ3) is 1.66. The molecule has 4 heteroatoms. The van der Waals surface area contributed by atoms with Gasteiger partial charge < -0.3 is 4.74 Å². The number of methoxy groups -OCH3 is 1. The Morgan fingerprint density at radius 1 is 1.29 bits per heavy atom. The lowest BCUT2D eigenvalue weighted by molar-refractivity contribution is 0.415. The number of nitrogens with zero attached hydrogens (tertiary/aromatic N) is 2. The fraction of sp³-hybridized carbons (Fsp3) is 0.200. The fourth-order valence-electron chi connectivity index (χ4n) is 1.31. The highest BCUT2D eigenvalue weighted by atomic mass is 127. The van der Waals surface area contributed by atoms with E-state index in [1.54, 1.807) is 7.11 Å². The van der Waals surface area contributed by atoms with Crippen LogP contribution in [-0.4, -0.2) is 17.1 Å². The second-order valence-electron chi connectivity index (χ2n) is 2.94. The smallest absolute Gasteiger partial charge is 0.127 e. The number of halogens is 1. The van der Waals surface area contributed by atoms with Gasteiger partial charge in [-0.3, -0.25) is 0 Å². The predicted molar refractivity (Wildman–Crippen MR) is 63.5 cm³/mol. The van der Waals surface area contributed by atoms with Crippen molar-refractivity contribution in [1.82, 2.24) is 9.97 Å². The van der Waals surface area contributed by atoms with Crippen LogP contribution in [0.4, 0.5) is 0 Å². The standard InChI is InChI=1S/C10H9IN2O/c1-6-12-9-5-7(14-2)3-4-8(9)10(11)13-6/h3-5H,1-2H3. The van der Waals surface area contributed by atoms with Gasteiger partial charge in [0.15, 0.2) is 0 Å². The van der Waals surface area contributed by atoms with Crippen molar-refractivity contribution in [3.63, 3.8) is 0 Å². The van der Waals surface area contributed by atoms with Gasteiger partial charge in [0.05, 0.1) is 12.6 Å². The average Bonchev–Trinajstić information content (AvgIpc) is 2.16. The highest BCUT2D eigenvalue weighted by Gasteiger charge is 2.03. The van der Waals surface area contributed by atoms with Crippen LogP contribution in [0.5, 0.6) is 5.75 Å². The van der Waals surface area contributed by atoms with Gasteiger partial charge in [-0.2, -0.15) is 0 Å². The molecular formula is C10H9IN2O. The Morgan fingerprint density at radius 3 is 2.79 bits per heavy atom. The molecule has 1 aromatic carbocycles. The molecule has 72 valence electrons. The summed E-state index contributed by atoms with van der Waals surface area (Å²) >= 11 is 2.22. The van der Waals surface area contributed by atoms with Crippen LogP contribution in [0.15, 0.2) is 18.2 Å². The van der Waals surface area contributed by atoms with Crippen molar-refractivity contribution in [2.45, 2.75) is 6.92 Å². The fourth-order valence-corrected chi connectivity index (χ4v) is 2.11. The van der Waals surface area contributed by atoms with E-state index < -0.39 is 0 Å². The molecule has 3 nitrogen and oxygen atoms in total. The summed E-state index contributed by atoms with van der Waals surface area (Å²) in [6, 6.07) is 5.82. The Labute approximate surface area is 95.7 Å². The van der Waals surface area contributed by atoms with Gasteiger partial charge in [0.2, 0.25) is 0 Å². The topological polar surface area (TPSA) is 35.0 Å². The number of hydrogen-bond donors (Lipinski definition) is 0. The van der Waals surface area contributed by atoms with Crippen molar-refractivity contribution in [3.05, 3.63) is 27.7 Å². The second kappa shape index (κ2) is 3.68. The predicted octanol–water partition coefficient (Wildman–Crippen LogP) is 2.55. The minimum atomic E-state index is 0.787. The van der Waals surface area contributed by atoms with Crippen molar-refractivity contribution in [2.75, 3.05) is 7.11 Å². The first-order valence-electron chi connectivity index (χ1n) is 4.18. The van der Waals surface area contributed by atoms with Crippen LogP contribution < -0.4 is 4.74 Å². The number of aromatic nitrogens is 2. The van der Waals surface area contributed by atoms with Crippen LogP contribution in [-0.2, 0) is 0 Å². The van der Waals surface area contributed by atoms with E-state index in [9.17, 15) is 0 Å². The molecule has 0 saturated heterocycles. The van der Waals surface area contributed by atoms with Gasteiger partial charge in [-0.15, -0.1) is 0 Å². The maximum atomic E-state index is 5.14. The Bertz CT molecular complexity index is 485. The Hall–Kier alpha value is -0.910. The van der Waals surface area contributed by atoms with Crippen LogP contribution in [0.3, 0.4) is 0 Å². The number of fused-ring (bicyclic) bond motifs is 1.